The number of carbonyl (C=O) groups is 1. The van der Waals surface area contributed by atoms with Gasteiger partial charge in [-0.15, -0.1) is 0 Å². The van der Waals surface area contributed by atoms with E-state index in [1.54, 1.807) is 0 Å². The number of rotatable bonds is 6. The van der Waals surface area contributed by atoms with Crippen molar-refractivity contribution in [3.8, 4) is 0 Å². The first-order valence-electron chi connectivity index (χ1n) is 9.95. The van der Waals surface area contributed by atoms with E-state index in [1.807, 2.05) is 67.2 Å². The van der Waals surface area contributed by atoms with Crippen LogP contribution in [-0.2, 0) is 13.1 Å². The first-order valence-corrected chi connectivity index (χ1v) is 11.1. The normalized spacial score (nSPS) is 15.1. The van der Waals surface area contributed by atoms with Crippen LogP contribution in [0.25, 0.3) is 11.0 Å². The summed E-state index contributed by atoms with van der Waals surface area (Å²) >= 11 is 2.01. The minimum Gasteiger partial charge on any atom is -0.451 e. The highest BCUT2D eigenvalue weighted by Gasteiger charge is 2.21. The van der Waals surface area contributed by atoms with Crippen LogP contribution in [0.4, 0.5) is 5.69 Å². The zero-order valence-corrected chi connectivity index (χ0v) is 17.8. The fraction of sp³-hybridized carbons (Fsp3) is 0.348. The maximum Gasteiger partial charge on any atom is 0.291 e. The number of furan rings is 1. The van der Waals surface area contributed by atoms with Gasteiger partial charge < -0.3 is 14.6 Å². The standard InChI is InChI=1S/C23H27N3O2S/c1-25(2)16-20-19-8-3-4-9-21(19)28-22(20)23(27)24-18-7-5-6-17(14-18)15-26-10-12-29-13-11-26/h3-9,14H,10-13,15-16H2,1-2H3,(H,24,27). The van der Waals surface area contributed by atoms with Crippen molar-refractivity contribution >= 4 is 34.3 Å². The van der Waals surface area contributed by atoms with Crippen molar-refractivity contribution in [3.63, 3.8) is 0 Å². The summed E-state index contributed by atoms with van der Waals surface area (Å²) in [5.41, 5.74) is 3.68. The van der Waals surface area contributed by atoms with E-state index in [2.05, 4.69) is 22.3 Å². The third kappa shape index (κ3) is 4.83. The van der Waals surface area contributed by atoms with Crippen LogP contribution in [0.1, 0.15) is 21.7 Å². The molecular formula is C23H27N3O2S. The van der Waals surface area contributed by atoms with Crippen molar-refractivity contribution in [1.29, 1.82) is 0 Å². The monoisotopic (exact) mass is 409 g/mol. The molecule has 0 atom stereocenters. The average Bonchev–Trinajstić information content (AvgIpc) is 3.07. The third-order valence-corrected chi connectivity index (χ3v) is 6.02. The van der Waals surface area contributed by atoms with Crippen LogP contribution in [-0.4, -0.2) is 54.4 Å². The SMILES string of the molecule is CN(C)Cc1c(C(=O)Nc2cccc(CN3CCSCC3)c2)oc2ccccc12. The number of anilines is 1. The van der Waals surface area contributed by atoms with Gasteiger partial charge in [-0.2, -0.15) is 11.8 Å². The Balaban J connectivity index is 1.54. The molecule has 152 valence electrons. The number of hydrogen-bond donors (Lipinski definition) is 1. The molecule has 2 aromatic carbocycles. The molecule has 1 aromatic heterocycles. The maximum absolute atomic E-state index is 13.1. The van der Waals surface area contributed by atoms with Gasteiger partial charge in [-0.25, -0.2) is 0 Å². The van der Waals surface area contributed by atoms with E-state index >= 15 is 0 Å². The molecule has 0 radical (unpaired) electrons. The van der Waals surface area contributed by atoms with Crippen molar-refractivity contribution in [2.75, 3.05) is 44.0 Å². The molecule has 1 saturated heterocycles. The molecule has 1 N–H and O–H groups in total. The van der Waals surface area contributed by atoms with E-state index in [-0.39, 0.29) is 5.91 Å². The van der Waals surface area contributed by atoms with E-state index < -0.39 is 0 Å². The highest BCUT2D eigenvalue weighted by molar-refractivity contribution is 7.99. The zero-order chi connectivity index (χ0) is 20.2. The summed E-state index contributed by atoms with van der Waals surface area (Å²) in [4.78, 5) is 17.6. The molecule has 1 aliphatic rings. The van der Waals surface area contributed by atoms with Crippen molar-refractivity contribution in [1.82, 2.24) is 9.80 Å². The number of nitrogens with zero attached hydrogens (tertiary/aromatic N) is 2. The zero-order valence-electron chi connectivity index (χ0n) is 17.0. The molecule has 0 unspecified atom stereocenters. The summed E-state index contributed by atoms with van der Waals surface area (Å²) in [5, 5.41) is 4.03. The van der Waals surface area contributed by atoms with Gasteiger partial charge in [0.1, 0.15) is 5.58 Å². The van der Waals surface area contributed by atoms with Gasteiger partial charge in [0, 0.05) is 54.3 Å². The predicted molar refractivity (Wildman–Crippen MR) is 121 cm³/mol. The Morgan fingerprint density at radius 3 is 2.72 bits per heavy atom. The Bertz CT molecular complexity index is 993. The molecule has 0 bridgehead atoms. The van der Waals surface area contributed by atoms with E-state index in [0.29, 0.717) is 12.3 Å². The quantitative estimate of drug-likeness (QED) is 0.658. The number of carbonyl (C=O) groups excluding carboxylic acids is 1. The summed E-state index contributed by atoms with van der Waals surface area (Å²) in [5.74, 6) is 2.57. The van der Waals surface area contributed by atoms with Gasteiger partial charge in [0.2, 0.25) is 0 Å². The van der Waals surface area contributed by atoms with Crippen molar-refractivity contribution in [2.24, 2.45) is 0 Å². The lowest BCUT2D eigenvalue weighted by molar-refractivity contribution is 0.0996. The number of nitrogens with one attached hydrogen (secondary N) is 1. The van der Waals surface area contributed by atoms with Crippen molar-refractivity contribution in [2.45, 2.75) is 13.1 Å². The number of benzene rings is 2. The van der Waals surface area contributed by atoms with Crippen molar-refractivity contribution < 1.29 is 9.21 Å². The minimum absolute atomic E-state index is 0.204. The molecule has 4 rings (SSSR count). The lowest BCUT2D eigenvalue weighted by Crippen LogP contribution is -2.31. The summed E-state index contributed by atoms with van der Waals surface area (Å²) in [6.45, 7) is 3.80. The highest BCUT2D eigenvalue weighted by Crippen LogP contribution is 2.28. The first-order chi connectivity index (χ1) is 14.1. The largest absolute Gasteiger partial charge is 0.451 e. The third-order valence-electron chi connectivity index (χ3n) is 5.07. The maximum atomic E-state index is 13.1. The second kappa shape index (κ2) is 9.03. The molecule has 5 nitrogen and oxygen atoms in total. The van der Waals surface area contributed by atoms with E-state index in [1.165, 1.54) is 17.1 Å². The Labute approximate surface area is 176 Å². The van der Waals surface area contributed by atoms with Gasteiger partial charge in [0.15, 0.2) is 5.76 Å². The molecular weight excluding hydrogens is 382 g/mol. The van der Waals surface area contributed by atoms with E-state index in [0.717, 1.165) is 41.9 Å². The summed E-state index contributed by atoms with van der Waals surface area (Å²) in [7, 11) is 3.98. The van der Waals surface area contributed by atoms with Gasteiger partial charge >= 0.3 is 0 Å². The van der Waals surface area contributed by atoms with Crippen LogP contribution in [0.3, 0.4) is 0 Å². The van der Waals surface area contributed by atoms with Crippen LogP contribution in [0.5, 0.6) is 0 Å². The number of para-hydroxylation sites is 1. The van der Waals surface area contributed by atoms with Crippen LogP contribution in [0.2, 0.25) is 0 Å². The molecule has 3 aromatic rings. The molecule has 0 aliphatic carbocycles. The van der Waals surface area contributed by atoms with Crippen LogP contribution in [0.15, 0.2) is 52.9 Å². The lowest BCUT2D eigenvalue weighted by Gasteiger charge is -2.26. The van der Waals surface area contributed by atoms with E-state index in [9.17, 15) is 4.79 Å². The molecule has 0 spiro atoms. The number of amides is 1. The minimum atomic E-state index is -0.204. The Morgan fingerprint density at radius 1 is 1.14 bits per heavy atom. The number of thioether (sulfide) groups is 1. The first kappa shape index (κ1) is 20.0. The fourth-order valence-electron chi connectivity index (χ4n) is 3.71. The lowest BCUT2D eigenvalue weighted by atomic mass is 10.1. The van der Waals surface area contributed by atoms with Gasteiger partial charge in [0.05, 0.1) is 0 Å². The van der Waals surface area contributed by atoms with Crippen LogP contribution >= 0.6 is 11.8 Å². The van der Waals surface area contributed by atoms with Gasteiger partial charge in [-0.05, 0) is 37.9 Å². The predicted octanol–water partition coefficient (Wildman–Crippen LogP) is 4.30. The molecule has 2 heterocycles. The second-order valence-electron chi connectivity index (χ2n) is 7.69. The van der Waals surface area contributed by atoms with Gasteiger partial charge in [0.25, 0.3) is 5.91 Å². The summed E-state index contributed by atoms with van der Waals surface area (Å²) < 4.78 is 5.94. The molecule has 0 saturated carbocycles. The fourth-order valence-corrected chi connectivity index (χ4v) is 4.69. The highest BCUT2D eigenvalue weighted by atomic mass is 32.2. The molecule has 6 heteroatoms. The average molecular weight is 410 g/mol. The number of fused-ring (bicyclic) bond motifs is 1. The van der Waals surface area contributed by atoms with Gasteiger partial charge in [-0.3, -0.25) is 9.69 Å². The molecule has 29 heavy (non-hydrogen) atoms. The Kier molecular flexibility index (Phi) is 6.23. The smallest absolute Gasteiger partial charge is 0.291 e. The molecule has 1 fully saturated rings. The second-order valence-corrected chi connectivity index (χ2v) is 8.91. The summed E-state index contributed by atoms with van der Waals surface area (Å²) in [6, 6.07) is 15.9. The number of hydrogen-bond acceptors (Lipinski definition) is 5. The molecule has 1 aliphatic heterocycles. The Morgan fingerprint density at radius 2 is 1.93 bits per heavy atom. The van der Waals surface area contributed by atoms with Crippen molar-refractivity contribution in [3.05, 3.63) is 65.4 Å². The van der Waals surface area contributed by atoms with E-state index in [4.69, 9.17) is 4.42 Å². The Hall–Kier alpha value is -2.28. The van der Waals surface area contributed by atoms with Crippen LogP contribution < -0.4 is 5.32 Å². The van der Waals surface area contributed by atoms with Crippen LogP contribution in [0, 0.1) is 0 Å². The molecule has 1 amide bonds. The topological polar surface area (TPSA) is 48.7 Å². The summed E-state index contributed by atoms with van der Waals surface area (Å²) in [6.07, 6.45) is 0. The van der Waals surface area contributed by atoms with Gasteiger partial charge in [-0.1, -0.05) is 30.3 Å².